The van der Waals surface area contributed by atoms with E-state index in [0.717, 1.165) is 45.3 Å². The van der Waals surface area contributed by atoms with Gasteiger partial charge in [0.2, 0.25) is 5.91 Å². The van der Waals surface area contributed by atoms with Crippen LogP contribution in [0.25, 0.3) is 0 Å². The number of rotatable bonds is 6. The van der Waals surface area contributed by atoms with Crippen molar-refractivity contribution in [3.63, 3.8) is 0 Å². The van der Waals surface area contributed by atoms with Crippen molar-refractivity contribution in [3.8, 4) is 0 Å². The van der Waals surface area contributed by atoms with Crippen LogP contribution in [0.2, 0.25) is 0 Å². The molecule has 0 saturated carbocycles. The van der Waals surface area contributed by atoms with E-state index in [9.17, 15) is 13.6 Å². The van der Waals surface area contributed by atoms with Crippen LogP contribution < -0.4 is 10.6 Å². The van der Waals surface area contributed by atoms with Gasteiger partial charge in [-0.3, -0.25) is 9.69 Å². The number of halogens is 2. The zero-order chi connectivity index (χ0) is 19.2. The first-order valence-corrected chi connectivity index (χ1v) is 10.2. The number of carbonyl (C=O) groups excluding carboxylic acids is 1. The molecule has 1 aromatic carbocycles. The average molecular weight is 379 g/mol. The van der Waals surface area contributed by atoms with E-state index in [0.29, 0.717) is 24.8 Å². The van der Waals surface area contributed by atoms with E-state index in [4.69, 9.17) is 0 Å². The predicted octanol–water partition coefficient (Wildman–Crippen LogP) is 3.07. The molecule has 0 aromatic heterocycles. The Bertz CT molecular complexity index is 614. The molecule has 0 bridgehead atoms. The summed E-state index contributed by atoms with van der Waals surface area (Å²) in [5, 5.41) is 6.51. The zero-order valence-electron chi connectivity index (χ0n) is 16.1. The van der Waals surface area contributed by atoms with Gasteiger partial charge in [-0.05, 0) is 69.3 Å². The Hall–Kier alpha value is -1.53. The van der Waals surface area contributed by atoms with E-state index in [1.807, 2.05) is 4.90 Å². The van der Waals surface area contributed by atoms with Gasteiger partial charge in [-0.25, -0.2) is 8.78 Å². The van der Waals surface area contributed by atoms with E-state index in [-0.39, 0.29) is 24.1 Å². The number of likely N-dealkylation sites (tertiary alicyclic amines) is 1. The third-order valence-electron chi connectivity index (χ3n) is 6.01. The maximum absolute atomic E-state index is 13.9. The van der Waals surface area contributed by atoms with Gasteiger partial charge < -0.3 is 10.6 Å². The summed E-state index contributed by atoms with van der Waals surface area (Å²) in [4.78, 5) is 14.5. The first-order valence-electron chi connectivity index (χ1n) is 10.2. The molecule has 2 saturated heterocycles. The molecular formula is C21H31F2N3O. The van der Waals surface area contributed by atoms with Gasteiger partial charge in [-0.15, -0.1) is 0 Å². The number of nitrogens with one attached hydrogen (secondary N) is 2. The average Bonchev–Trinajstić information content (AvgIpc) is 2.66. The third kappa shape index (κ3) is 5.72. The Kier molecular flexibility index (Phi) is 7.19. The molecule has 2 fully saturated rings. The Morgan fingerprint density at radius 3 is 2.67 bits per heavy atom. The second-order valence-corrected chi connectivity index (χ2v) is 8.11. The van der Waals surface area contributed by atoms with Gasteiger partial charge in [-0.1, -0.05) is 13.0 Å². The van der Waals surface area contributed by atoms with Crippen LogP contribution >= 0.6 is 0 Å². The van der Waals surface area contributed by atoms with Crippen molar-refractivity contribution < 1.29 is 13.6 Å². The SMILES string of the molecule is CC(CC(=O)NC1CCCN(Cc2c(F)cccc2F)C1)C1CCNCC1. The summed E-state index contributed by atoms with van der Waals surface area (Å²) in [7, 11) is 0. The van der Waals surface area contributed by atoms with Crippen LogP contribution in [0.1, 0.15) is 44.6 Å². The largest absolute Gasteiger partial charge is 0.352 e. The maximum Gasteiger partial charge on any atom is 0.220 e. The summed E-state index contributed by atoms with van der Waals surface area (Å²) < 4.78 is 27.8. The highest BCUT2D eigenvalue weighted by atomic mass is 19.1. The van der Waals surface area contributed by atoms with Crippen LogP contribution in [0.4, 0.5) is 8.78 Å². The van der Waals surface area contributed by atoms with Crippen molar-refractivity contribution in [2.24, 2.45) is 11.8 Å². The standard InChI is InChI=1S/C21H31F2N3O/c1-15(16-7-9-24-10-8-16)12-21(27)25-17-4-3-11-26(13-17)14-18-19(22)5-2-6-20(18)23/h2,5-6,15-17,24H,3-4,7-14H2,1H3,(H,25,27). The van der Waals surface area contributed by atoms with Gasteiger partial charge >= 0.3 is 0 Å². The van der Waals surface area contributed by atoms with E-state index < -0.39 is 11.6 Å². The Morgan fingerprint density at radius 2 is 1.96 bits per heavy atom. The van der Waals surface area contributed by atoms with Crippen LogP contribution in [0.3, 0.4) is 0 Å². The number of hydrogen-bond acceptors (Lipinski definition) is 3. The second kappa shape index (κ2) is 9.60. The van der Waals surface area contributed by atoms with Crippen LogP contribution in [-0.2, 0) is 11.3 Å². The van der Waals surface area contributed by atoms with Crippen LogP contribution in [0.15, 0.2) is 18.2 Å². The molecule has 1 aromatic rings. The third-order valence-corrected chi connectivity index (χ3v) is 6.01. The smallest absolute Gasteiger partial charge is 0.220 e. The van der Waals surface area contributed by atoms with E-state index in [1.54, 1.807) is 0 Å². The molecule has 3 rings (SSSR count). The monoisotopic (exact) mass is 379 g/mol. The van der Waals surface area contributed by atoms with E-state index in [1.165, 1.54) is 18.2 Å². The number of carbonyl (C=O) groups is 1. The Balaban J connectivity index is 1.48. The lowest BCUT2D eigenvalue weighted by Crippen LogP contribution is -2.48. The molecule has 4 nitrogen and oxygen atoms in total. The summed E-state index contributed by atoms with van der Waals surface area (Å²) in [6.45, 7) is 5.94. The van der Waals surface area contributed by atoms with Crippen molar-refractivity contribution in [3.05, 3.63) is 35.4 Å². The first-order chi connectivity index (χ1) is 13.0. The highest BCUT2D eigenvalue weighted by Gasteiger charge is 2.26. The molecule has 2 N–H and O–H groups in total. The summed E-state index contributed by atoms with van der Waals surface area (Å²) in [5.41, 5.74) is 0.115. The lowest BCUT2D eigenvalue weighted by molar-refractivity contribution is -0.123. The highest BCUT2D eigenvalue weighted by Crippen LogP contribution is 2.24. The van der Waals surface area contributed by atoms with Crippen molar-refractivity contribution >= 4 is 5.91 Å². The summed E-state index contributed by atoms with van der Waals surface area (Å²) in [6.07, 6.45) is 4.68. The molecule has 2 aliphatic rings. The Labute approximate surface area is 160 Å². The molecule has 1 amide bonds. The van der Waals surface area contributed by atoms with Gasteiger partial charge in [0.05, 0.1) is 0 Å². The number of piperidine rings is 2. The van der Waals surface area contributed by atoms with Crippen molar-refractivity contribution in [1.82, 2.24) is 15.5 Å². The maximum atomic E-state index is 13.9. The minimum atomic E-state index is -0.503. The first kappa shape index (κ1) is 20.2. The van der Waals surface area contributed by atoms with Crippen LogP contribution in [0, 0.1) is 23.5 Å². The fourth-order valence-electron chi connectivity index (χ4n) is 4.38. The van der Waals surface area contributed by atoms with Gasteiger partial charge in [0.15, 0.2) is 0 Å². The molecule has 6 heteroatoms. The highest BCUT2D eigenvalue weighted by molar-refractivity contribution is 5.76. The van der Waals surface area contributed by atoms with Crippen molar-refractivity contribution in [2.45, 2.75) is 51.6 Å². The van der Waals surface area contributed by atoms with E-state index >= 15 is 0 Å². The van der Waals surface area contributed by atoms with Crippen LogP contribution in [0.5, 0.6) is 0 Å². The fourth-order valence-corrected chi connectivity index (χ4v) is 4.38. The summed E-state index contributed by atoms with van der Waals surface area (Å²) in [5.74, 6) is 0.0991. The van der Waals surface area contributed by atoms with Gasteiger partial charge in [0.1, 0.15) is 11.6 Å². The molecule has 2 aliphatic heterocycles. The molecule has 0 radical (unpaired) electrons. The summed E-state index contributed by atoms with van der Waals surface area (Å²) in [6, 6.07) is 4.03. The molecule has 0 aliphatic carbocycles. The molecule has 2 heterocycles. The molecule has 2 unspecified atom stereocenters. The lowest BCUT2D eigenvalue weighted by atomic mass is 9.84. The van der Waals surface area contributed by atoms with Gasteiger partial charge in [0, 0.05) is 31.1 Å². The molecule has 0 spiro atoms. The van der Waals surface area contributed by atoms with Gasteiger partial charge in [0.25, 0.3) is 0 Å². The number of hydrogen-bond donors (Lipinski definition) is 2. The van der Waals surface area contributed by atoms with Crippen LogP contribution in [-0.4, -0.2) is 43.0 Å². The minimum Gasteiger partial charge on any atom is -0.352 e. The second-order valence-electron chi connectivity index (χ2n) is 8.11. The normalized spacial score (nSPS) is 23.1. The Morgan fingerprint density at radius 1 is 1.26 bits per heavy atom. The number of nitrogens with zero attached hydrogens (tertiary/aromatic N) is 1. The molecular weight excluding hydrogens is 348 g/mol. The molecule has 150 valence electrons. The van der Waals surface area contributed by atoms with Crippen molar-refractivity contribution in [2.75, 3.05) is 26.2 Å². The fraction of sp³-hybridized carbons (Fsp3) is 0.667. The van der Waals surface area contributed by atoms with E-state index in [2.05, 4.69) is 17.6 Å². The topological polar surface area (TPSA) is 44.4 Å². The quantitative estimate of drug-likeness (QED) is 0.798. The van der Waals surface area contributed by atoms with Gasteiger partial charge in [-0.2, -0.15) is 0 Å². The number of benzene rings is 1. The van der Waals surface area contributed by atoms with Crippen molar-refractivity contribution in [1.29, 1.82) is 0 Å². The summed E-state index contributed by atoms with van der Waals surface area (Å²) >= 11 is 0. The predicted molar refractivity (Wildman–Crippen MR) is 102 cm³/mol. The minimum absolute atomic E-state index is 0.0568. The zero-order valence-corrected chi connectivity index (χ0v) is 16.1. The molecule has 27 heavy (non-hydrogen) atoms. The molecule has 2 atom stereocenters. The number of amides is 1. The lowest BCUT2D eigenvalue weighted by Gasteiger charge is -2.34.